The van der Waals surface area contributed by atoms with Crippen molar-refractivity contribution in [3.63, 3.8) is 0 Å². The first-order valence-corrected chi connectivity index (χ1v) is 7.42. The lowest BCUT2D eigenvalue weighted by Crippen LogP contribution is -2.65. The fourth-order valence-corrected chi connectivity index (χ4v) is 4.47. The van der Waals surface area contributed by atoms with E-state index in [1.165, 1.54) is 18.6 Å². The highest BCUT2D eigenvalue weighted by Crippen LogP contribution is 2.39. The molecule has 2 fully saturated rings. The van der Waals surface area contributed by atoms with Gasteiger partial charge in [0.15, 0.2) is 0 Å². The van der Waals surface area contributed by atoms with E-state index in [4.69, 9.17) is 10.5 Å². The van der Waals surface area contributed by atoms with Crippen molar-refractivity contribution in [1.82, 2.24) is 4.90 Å². The smallest absolute Gasteiger partial charge is 0.0620 e. The molecule has 2 aliphatic rings. The van der Waals surface area contributed by atoms with Gasteiger partial charge >= 0.3 is 0 Å². The van der Waals surface area contributed by atoms with Crippen LogP contribution in [-0.2, 0) is 4.74 Å². The highest BCUT2D eigenvalue weighted by Gasteiger charge is 2.45. The maximum Gasteiger partial charge on any atom is 0.0620 e. The molecule has 0 aromatic carbocycles. The average molecular weight is 244 g/mol. The quantitative estimate of drug-likeness (QED) is 0.795. The molecule has 2 heterocycles. The van der Waals surface area contributed by atoms with Gasteiger partial charge in [0, 0.05) is 29.9 Å². The van der Waals surface area contributed by atoms with E-state index < -0.39 is 0 Å². The maximum atomic E-state index is 6.13. The monoisotopic (exact) mass is 244 g/mol. The van der Waals surface area contributed by atoms with Gasteiger partial charge in [-0.3, -0.25) is 4.90 Å². The van der Waals surface area contributed by atoms with E-state index in [0.29, 0.717) is 11.3 Å². The first-order chi connectivity index (χ1) is 7.70. The van der Waals surface area contributed by atoms with Gasteiger partial charge in [0.1, 0.15) is 0 Å². The van der Waals surface area contributed by atoms with Crippen LogP contribution >= 0.6 is 11.8 Å². The summed E-state index contributed by atoms with van der Waals surface area (Å²) < 4.78 is 5.54. The molecule has 0 radical (unpaired) electrons. The number of ether oxygens (including phenoxy) is 1. The standard InChI is InChI=1S/C12H24N2OS/c1-10-8-15-6-5-14(10)12(9-13)4-3-7-16-11(12)2/h10-11H,3-9,13H2,1-2H3. The van der Waals surface area contributed by atoms with Crippen LogP contribution < -0.4 is 5.73 Å². The van der Waals surface area contributed by atoms with Gasteiger partial charge in [-0.15, -0.1) is 0 Å². The molecule has 94 valence electrons. The van der Waals surface area contributed by atoms with Crippen molar-refractivity contribution in [3.05, 3.63) is 0 Å². The van der Waals surface area contributed by atoms with Crippen LogP contribution in [0.2, 0.25) is 0 Å². The second-order valence-corrected chi connectivity index (χ2v) is 6.49. The molecule has 3 atom stereocenters. The Balaban J connectivity index is 2.17. The van der Waals surface area contributed by atoms with E-state index in [-0.39, 0.29) is 5.54 Å². The Morgan fingerprint density at radius 3 is 2.94 bits per heavy atom. The number of rotatable bonds is 2. The van der Waals surface area contributed by atoms with Gasteiger partial charge < -0.3 is 10.5 Å². The van der Waals surface area contributed by atoms with E-state index in [1.807, 2.05) is 0 Å². The second-order valence-electron chi connectivity index (χ2n) is 5.04. The zero-order valence-corrected chi connectivity index (χ0v) is 11.3. The molecule has 0 aromatic rings. The number of hydrogen-bond donors (Lipinski definition) is 1. The van der Waals surface area contributed by atoms with Crippen LogP contribution in [0.15, 0.2) is 0 Å². The molecule has 0 bridgehead atoms. The predicted molar refractivity (Wildman–Crippen MR) is 69.9 cm³/mol. The minimum atomic E-state index is 0.214. The van der Waals surface area contributed by atoms with Crippen LogP contribution in [0, 0.1) is 0 Å². The van der Waals surface area contributed by atoms with Gasteiger partial charge in [0.25, 0.3) is 0 Å². The molecule has 3 unspecified atom stereocenters. The van der Waals surface area contributed by atoms with Gasteiger partial charge in [-0.05, 0) is 25.5 Å². The molecule has 2 N–H and O–H groups in total. The lowest BCUT2D eigenvalue weighted by molar-refractivity contribution is -0.0600. The number of morpholine rings is 1. The van der Waals surface area contributed by atoms with Crippen LogP contribution in [0.25, 0.3) is 0 Å². The first kappa shape index (κ1) is 12.7. The van der Waals surface area contributed by atoms with E-state index >= 15 is 0 Å². The molecule has 0 spiro atoms. The highest BCUT2D eigenvalue weighted by atomic mass is 32.2. The summed E-state index contributed by atoms with van der Waals surface area (Å²) in [6, 6.07) is 0.512. The molecular weight excluding hydrogens is 220 g/mol. The third-order valence-corrected chi connectivity index (χ3v) is 5.63. The summed E-state index contributed by atoms with van der Waals surface area (Å²) in [5.41, 5.74) is 6.34. The third kappa shape index (κ3) is 2.13. The average Bonchev–Trinajstić information content (AvgIpc) is 2.31. The Kier molecular flexibility index (Phi) is 4.16. The molecule has 0 amide bonds. The maximum absolute atomic E-state index is 6.13. The van der Waals surface area contributed by atoms with Gasteiger partial charge in [0.05, 0.1) is 13.2 Å². The summed E-state index contributed by atoms with van der Waals surface area (Å²) in [6.45, 7) is 8.17. The SMILES string of the molecule is CC1COCCN1C1(CN)CCCSC1C. The third-order valence-electron chi connectivity index (χ3n) is 4.17. The van der Waals surface area contributed by atoms with Crippen LogP contribution in [0.3, 0.4) is 0 Å². The topological polar surface area (TPSA) is 38.5 Å². The molecule has 16 heavy (non-hydrogen) atoms. The van der Waals surface area contributed by atoms with Crippen molar-refractivity contribution >= 4 is 11.8 Å². The summed E-state index contributed by atoms with van der Waals surface area (Å²) in [5.74, 6) is 1.29. The fourth-order valence-electron chi connectivity index (χ4n) is 3.15. The summed E-state index contributed by atoms with van der Waals surface area (Å²) in [4.78, 5) is 2.62. The predicted octanol–water partition coefficient (Wildman–Crippen LogP) is 1.32. The van der Waals surface area contributed by atoms with Gasteiger partial charge in [-0.2, -0.15) is 11.8 Å². The minimum absolute atomic E-state index is 0.214. The molecule has 3 nitrogen and oxygen atoms in total. The summed E-state index contributed by atoms with van der Waals surface area (Å²) in [6.07, 6.45) is 2.55. The Morgan fingerprint density at radius 2 is 2.31 bits per heavy atom. The fraction of sp³-hybridized carbons (Fsp3) is 1.00. The zero-order chi connectivity index (χ0) is 11.6. The Hall–Kier alpha value is 0.230. The highest BCUT2D eigenvalue weighted by molar-refractivity contribution is 8.00. The molecular formula is C12H24N2OS. The molecule has 2 aliphatic heterocycles. The van der Waals surface area contributed by atoms with Gasteiger partial charge in [-0.25, -0.2) is 0 Å². The normalized spacial score (nSPS) is 42.2. The molecule has 2 rings (SSSR count). The van der Waals surface area contributed by atoms with Crippen LogP contribution in [0.5, 0.6) is 0 Å². The van der Waals surface area contributed by atoms with Crippen molar-refractivity contribution in [3.8, 4) is 0 Å². The summed E-state index contributed by atoms with van der Waals surface area (Å²) in [5, 5.41) is 0.645. The van der Waals surface area contributed by atoms with E-state index in [0.717, 1.165) is 26.3 Å². The van der Waals surface area contributed by atoms with E-state index in [9.17, 15) is 0 Å². The number of thioether (sulfide) groups is 1. The Morgan fingerprint density at radius 1 is 1.50 bits per heavy atom. The van der Waals surface area contributed by atoms with Gasteiger partial charge in [-0.1, -0.05) is 6.92 Å². The molecule has 0 saturated carbocycles. The second kappa shape index (κ2) is 5.25. The zero-order valence-electron chi connectivity index (χ0n) is 10.4. The molecule has 0 aliphatic carbocycles. The van der Waals surface area contributed by atoms with Crippen LogP contribution in [0.1, 0.15) is 26.7 Å². The number of hydrogen-bond acceptors (Lipinski definition) is 4. The largest absolute Gasteiger partial charge is 0.379 e. The molecule has 0 aromatic heterocycles. The summed E-state index contributed by atoms with van der Waals surface area (Å²) in [7, 11) is 0. The first-order valence-electron chi connectivity index (χ1n) is 6.37. The van der Waals surface area contributed by atoms with Crippen molar-refractivity contribution in [2.24, 2.45) is 5.73 Å². The van der Waals surface area contributed by atoms with Gasteiger partial charge in [0.2, 0.25) is 0 Å². The lowest BCUT2D eigenvalue weighted by atomic mass is 9.86. The van der Waals surface area contributed by atoms with Crippen molar-refractivity contribution in [1.29, 1.82) is 0 Å². The number of nitrogens with two attached hydrogens (primary N) is 1. The number of nitrogens with zero attached hydrogens (tertiary/aromatic N) is 1. The van der Waals surface area contributed by atoms with E-state index in [1.54, 1.807) is 0 Å². The van der Waals surface area contributed by atoms with Crippen molar-refractivity contribution < 1.29 is 4.74 Å². The van der Waals surface area contributed by atoms with Crippen LogP contribution in [0.4, 0.5) is 0 Å². The Bertz CT molecular complexity index is 239. The Labute approximate surface area is 103 Å². The van der Waals surface area contributed by atoms with E-state index in [2.05, 4.69) is 30.5 Å². The van der Waals surface area contributed by atoms with Crippen LogP contribution in [-0.4, -0.2) is 53.8 Å². The lowest BCUT2D eigenvalue weighted by Gasteiger charge is -2.53. The minimum Gasteiger partial charge on any atom is -0.379 e. The van der Waals surface area contributed by atoms with Crippen molar-refractivity contribution in [2.45, 2.75) is 43.5 Å². The molecule has 4 heteroatoms. The molecule has 2 saturated heterocycles. The summed E-state index contributed by atoms with van der Waals surface area (Å²) >= 11 is 2.08. The van der Waals surface area contributed by atoms with Crippen molar-refractivity contribution in [2.75, 3.05) is 32.1 Å².